The number of amides is 2. The van der Waals surface area contributed by atoms with E-state index in [9.17, 15) is 19.5 Å². The zero-order chi connectivity index (χ0) is 24.4. The van der Waals surface area contributed by atoms with Crippen LogP contribution in [0.4, 0.5) is 10.5 Å². The number of benzene rings is 2. The zero-order valence-electron chi connectivity index (χ0n) is 19.0. The standard InChI is InChI=1S/C27H25N3O5/c31-25(30-13-5-10-24(30)26(32)33)14-17-11-12-18(15-28-17)29-27(34)35-16-23-21-8-3-1-6-19(21)20-7-2-4-9-22(20)23/h1-4,6-9,11-12,15,23-24H,5,10,13-14,16H2,(H,29,34)(H,32,33)/t24-/m1/s1. The summed E-state index contributed by atoms with van der Waals surface area (Å²) in [6.45, 7) is 0.650. The molecule has 1 fully saturated rings. The molecule has 0 bridgehead atoms. The predicted octanol–water partition coefficient (Wildman–Crippen LogP) is 4.06. The Morgan fingerprint density at radius 2 is 1.69 bits per heavy atom. The Balaban J connectivity index is 1.17. The minimum Gasteiger partial charge on any atom is -0.480 e. The van der Waals surface area contributed by atoms with Gasteiger partial charge in [-0.05, 0) is 47.2 Å². The first-order chi connectivity index (χ1) is 17.0. The van der Waals surface area contributed by atoms with Gasteiger partial charge in [-0.25, -0.2) is 9.59 Å². The molecule has 8 nitrogen and oxygen atoms in total. The topological polar surface area (TPSA) is 109 Å². The first-order valence-corrected chi connectivity index (χ1v) is 11.6. The number of rotatable bonds is 6. The van der Waals surface area contributed by atoms with Gasteiger partial charge in [-0.15, -0.1) is 0 Å². The molecule has 1 saturated heterocycles. The van der Waals surface area contributed by atoms with Gasteiger partial charge in [-0.2, -0.15) is 0 Å². The summed E-state index contributed by atoms with van der Waals surface area (Å²) < 4.78 is 5.55. The molecule has 0 spiro atoms. The number of aliphatic carboxylic acids is 1. The molecule has 2 heterocycles. The second-order valence-electron chi connectivity index (χ2n) is 8.75. The van der Waals surface area contributed by atoms with Crippen LogP contribution >= 0.6 is 0 Å². The summed E-state index contributed by atoms with van der Waals surface area (Å²) in [5.41, 5.74) is 5.55. The molecule has 0 unspecified atom stereocenters. The fourth-order valence-corrected chi connectivity index (χ4v) is 4.93. The smallest absolute Gasteiger partial charge is 0.411 e. The summed E-state index contributed by atoms with van der Waals surface area (Å²) in [6, 6.07) is 18.8. The number of nitrogens with one attached hydrogen (secondary N) is 1. The second-order valence-corrected chi connectivity index (χ2v) is 8.75. The van der Waals surface area contributed by atoms with Crippen molar-refractivity contribution in [3.05, 3.63) is 83.7 Å². The molecular formula is C27H25N3O5. The molecular weight excluding hydrogens is 446 g/mol. The van der Waals surface area contributed by atoms with Crippen LogP contribution in [0.15, 0.2) is 66.9 Å². The molecule has 5 rings (SSSR count). The van der Waals surface area contributed by atoms with Crippen molar-refractivity contribution in [2.75, 3.05) is 18.5 Å². The Morgan fingerprint density at radius 1 is 1.00 bits per heavy atom. The third kappa shape index (κ3) is 4.59. The summed E-state index contributed by atoms with van der Waals surface area (Å²) in [5, 5.41) is 11.9. The van der Waals surface area contributed by atoms with Gasteiger partial charge in [-0.1, -0.05) is 48.5 Å². The number of pyridine rings is 1. The van der Waals surface area contributed by atoms with Crippen LogP contribution in [0.5, 0.6) is 0 Å². The number of carbonyl (C=O) groups is 3. The van der Waals surface area contributed by atoms with Gasteiger partial charge in [0.05, 0.1) is 18.3 Å². The maximum atomic E-state index is 12.5. The lowest BCUT2D eigenvalue weighted by Gasteiger charge is -2.21. The van der Waals surface area contributed by atoms with Crippen molar-refractivity contribution < 1.29 is 24.2 Å². The fraction of sp³-hybridized carbons (Fsp3) is 0.259. The zero-order valence-corrected chi connectivity index (χ0v) is 19.0. The molecule has 178 valence electrons. The number of carbonyl (C=O) groups excluding carboxylic acids is 2. The van der Waals surface area contributed by atoms with E-state index in [-0.39, 0.29) is 24.9 Å². The summed E-state index contributed by atoms with van der Waals surface area (Å²) in [6.07, 6.45) is 2.03. The number of carboxylic acid groups (broad SMARTS) is 1. The number of aromatic nitrogens is 1. The second kappa shape index (κ2) is 9.58. The van der Waals surface area contributed by atoms with E-state index in [0.29, 0.717) is 30.8 Å². The van der Waals surface area contributed by atoms with Crippen molar-refractivity contribution in [3.8, 4) is 11.1 Å². The van der Waals surface area contributed by atoms with Crippen molar-refractivity contribution in [1.29, 1.82) is 0 Å². The van der Waals surface area contributed by atoms with Crippen molar-refractivity contribution in [2.45, 2.75) is 31.2 Å². The summed E-state index contributed by atoms with van der Waals surface area (Å²) >= 11 is 0. The Morgan fingerprint density at radius 3 is 2.31 bits per heavy atom. The lowest BCUT2D eigenvalue weighted by atomic mass is 9.98. The first kappa shape index (κ1) is 22.6. The van der Waals surface area contributed by atoms with E-state index in [1.54, 1.807) is 12.1 Å². The van der Waals surface area contributed by atoms with Crippen LogP contribution in [0.25, 0.3) is 11.1 Å². The minimum absolute atomic E-state index is 0.00893. The Kier molecular flexibility index (Phi) is 6.18. The molecule has 1 aliphatic carbocycles. The van der Waals surface area contributed by atoms with Gasteiger partial charge in [-0.3, -0.25) is 15.1 Å². The van der Waals surface area contributed by atoms with Gasteiger partial charge < -0.3 is 14.7 Å². The van der Waals surface area contributed by atoms with Crippen molar-refractivity contribution in [1.82, 2.24) is 9.88 Å². The van der Waals surface area contributed by atoms with Crippen LogP contribution in [0, 0.1) is 0 Å². The quantitative estimate of drug-likeness (QED) is 0.561. The van der Waals surface area contributed by atoms with E-state index in [2.05, 4.69) is 34.6 Å². The molecule has 1 aliphatic heterocycles. The molecule has 0 saturated carbocycles. The van der Waals surface area contributed by atoms with Crippen molar-refractivity contribution in [2.24, 2.45) is 0 Å². The molecule has 1 atom stereocenters. The van der Waals surface area contributed by atoms with Crippen LogP contribution in [0.3, 0.4) is 0 Å². The highest BCUT2D eigenvalue weighted by Gasteiger charge is 2.34. The van der Waals surface area contributed by atoms with E-state index in [1.165, 1.54) is 11.1 Å². The highest BCUT2D eigenvalue weighted by atomic mass is 16.5. The third-order valence-electron chi connectivity index (χ3n) is 6.61. The summed E-state index contributed by atoms with van der Waals surface area (Å²) in [5.74, 6) is -1.27. The largest absolute Gasteiger partial charge is 0.480 e. The molecule has 2 amide bonds. The van der Waals surface area contributed by atoms with Gasteiger partial charge in [0.1, 0.15) is 12.6 Å². The maximum Gasteiger partial charge on any atom is 0.411 e. The van der Waals surface area contributed by atoms with E-state index in [4.69, 9.17) is 4.74 Å². The summed E-state index contributed by atoms with van der Waals surface area (Å²) in [7, 11) is 0. The van der Waals surface area contributed by atoms with Gasteiger partial charge in [0.15, 0.2) is 0 Å². The fourth-order valence-electron chi connectivity index (χ4n) is 4.93. The molecule has 2 aromatic carbocycles. The van der Waals surface area contributed by atoms with Gasteiger partial charge in [0.25, 0.3) is 0 Å². The number of nitrogens with zero attached hydrogens (tertiary/aromatic N) is 2. The predicted molar refractivity (Wildman–Crippen MR) is 129 cm³/mol. The normalized spacial score (nSPS) is 16.5. The molecule has 1 aromatic heterocycles. The maximum absolute atomic E-state index is 12.5. The first-order valence-electron chi connectivity index (χ1n) is 11.6. The number of fused-ring (bicyclic) bond motifs is 3. The Hall–Kier alpha value is -4.20. The molecule has 2 N–H and O–H groups in total. The highest BCUT2D eigenvalue weighted by molar-refractivity contribution is 5.86. The lowest BCUT2D eigenvalue weighted by molar-refractivity contribution is -0.148. The van der Waals surface area contributed by atoms with Crippen LogP contribution in [-0.2, 0) is 20.7 Å². The number of hydrogen-bond donors (Lipinski definition) is 2. The van der Waals surface area contributed by atoms with Crippen molar-refractivity contribution in [3.63, 3.8) is 0 Å². The van der Waals surface area contributed by atoms with Crippen molar-refractivity contribution >= 4 is 23.7 Å². The van der Waals surface area contributed by atoms with Crippen LogP contribution in [0.1, 0.15) is 35.6 Å². The van der Waals surface area contributed by atoms with Crippen LogP contribution in [0.2, 0.25) is 0 Å². The SMILES string of the molecule is O=C(Nc1ccc(CC(=O)N2CCC[C@@H]2C(=O)O)nc1)OCC1c2ccccc2-c2ccccc21. The van der Waals surface area contributed by atoms with Crippen LogP contribution in [-0.4, -0.2) is 52.2 Å². The molecule has 3 aromatic rings. The lowest BCUT2D eigenvalue weighted by Crippen LogP contribution is -2.41. The van der Waals surface area contributed by atoms with E-state index < -0.39 is 18.1 Å². The molecule has 0 radical (unpaired) electrons. The van der Waals surface area contributed by atoms with Crippen LogP contribution < -0.4 is 5.32 Å². The number of ether oxygens (including phenoxy) is 1. The van der Waals surface area contributed by atoms with Gasteiger partial charge in [0, 0.05) is 18.2 Å². The Labute approximate surface area is 202 Å². The van der Waals surface area contributed by atoms with E-state index in [0.717, 1.165) is 22.3 Å². The third-order valence-corrected chi connectivity index (χ3v) is 6.61. The molecule has 2 aliphatic rings. The minimum atomic E-state index is -0.980. The molecule has 8 heteroatoms. The number of hydrogen-bond acceptors (Lipinski definition) is 5. The number of carboxylic acids is 1. The monoisotopic (exact) mass is 471 g/mol. The summed E-state index contributed by atoms with van der Waals surface area (Å²) in [4.78, 5) is 41.9. The molecule has 35 heavy (non-hydrogen) atoms. The van der Waals surface area contributed by atoms with E-state index in [1.807, 2.05) is 24.3 Å². The van der Waals surface area contributed by atoms with Gasteiger partial charge >= 0.3 is 12.1 Å². The Bertz CT molecular complexity index is 1230. The number of likely N-dealkylation sites (tertiary alicyclic amines) is 1. The average molecular weight is 472 g/mol. The highest BCUT2D eigenvalue weighted by Crippen LogP contribution is 2.44. The van der Waals surface area contributed by atoms with Gasteiger partial charge in [0.2, 0.25) is 5.91 Å². The van der Waals surface area contributed by atoms with E-state index >= 15 is 0 Å². The number of anilines is 1. The average Bonchev–Trinajstić information content (AvgIpc) is 3.48.